The molecule has 1 atom stereocenters. The fourth-order valence-electron chi connectivity index (χ4n) is 4.94. The van der Waals surface area contributed by atoms with Gasteiger partial charge in [0.25, 0.3) is 11.7 Å². The first kappa shape index (κ1) is 25.1. The molecular weight excluding hydrogens is 480 g/mol. The molecule has 12 heteroatoms. The van der Waals surface area contributed by atoms with Crippen LogP contribution >= 0.6 is 0 Å². The lowest BCUT2D eigenvalue weighted by atomic mass is 9.82. The van der Waals surface area contributed by atoms with Crippen molar-refractivity contribution < 1.29 is 42.1 Å². The van der Waals surface area contributed by atoms with E-state index < -0.39 is 52.6 Å². The summed E-state index contributed by atoms with van der Waals surface area (Å²) in [5.41, 5.74) is -1.86. The number of Topliss-reactive ketones (excluding diaryl/α,β-unsaturated/α-hetero) is 1. The number of halogens is 6. The minimum atomic E-state index is -5.00. The second kappa shape index (κ2) is 8.58. The number of amides is 1. The number of nitrogens with zero attached hydrogens (tertiary/aromatic N) is 2. The maximum absolute atomic E-state index is 13.4. The van der Waals surface area contributed by atoms with Gasteiger partial charge in [0.2, 0.25) is 0 Å². The molecule has 1 spiro atoms. The molecule has 0 bridgehead atoms. The van der Waals surface area contributed by atoms with Crippen LogP contribution in [0.2, 0.25) is 0 Å². The molecule has 0 radical (unpaired) electrons. The molecule has 2 aromatic rings. The highest BCUT2D eigenvalue weighted by molar-refractivity contribution is 5.99. The molecule has 35 heavy (non-hydrogen) atoms. The van der Waals surface area contributed by atoms with E-state index in [0.717, 1.165) is 19.2 Å². The van der Waals surface area contributed by atoms with Crippen LogP contribution in [0.5, 0.6) is 5.75 Å². The van der Waals surface area contributed by atoms with Crippen LogP contribution in [0.25, 0.3) is 0 Å². The molecule has 4 rings (SSSR count). The molecule has 3 heterocycles. The Kier molecular flexibility index (Phi) is 6.15. The molecule has 1 unspecified atom stereocenters. The number of fused-ring (bicyclic) bond motifs is 2. The Balaban J connectivity index is 0.00000361. The number of aromatic nitrogens is 1. The molecule has 2 aliphatic rings. The predicted molar refractivity (Wildman–Crippen MR) is 114 cm³/mol. The van der Waals surface area contributed by atoms with Crippen molar-refractivity contribution in [2.24, 2.45) is 0 Å². The van der Waals surface area contributed by atoms with Gasteiger partial charge in [-0.25, -0.2) is 0 Å². The van der Waals surface area contributed by atoms with Crippen molar-refractivity contribution in [3.05, 3.63) is 52.8 Å². The summed E-state index contributed by atoms with van der Waals surface area (Å²) in [4.78, 5) is 26.3. The summed E-state index contributed by atoms with van der Waals surface area (Å²) < 4.78 is 85.5. The fourth-order valence-corrected chi connectivity index (χ4v) is 4.94. The maximum Gasteiger partial charge on any atom is 0.456 e. The molecular formula is C23H25F6N3O3. The van der Waals surface area contributed by atoms with E-state index in [1.807, 2.05) is 0 Å². The molecule has 1 aromatic carbocycles. The zero-order valence-corrected chi connectivity index (χ0v) is 18.9. The summed E-state index contributed by atoms with van der Waals surface area (Å²) in [6, 6.07) is 5.39. The number of hydrogen-bond donors (Lipinski definition) is 1. The van der Waals surface area contributed by atoms with Crippen LogP contribution in [0.3, 0.4) is 0 Å². The third-order valence-corrected chi connectivity index (χ3v) is 6.73. The van der Waals surface area contributed by atoms with Crippen molar-refractivity contribution in [3.63, 3.8) is 0 Å². The van der Waals surface area contributed by atoms with Gasteiger partial charge in [-0.3, -0.25) is 9.59 Å². The van der Waals surface area contributed by atoms with Gasteiger partial charge in [-0.2, -0.15) is 26.3 Å². The molecule has 6 nitrogen and oxygen atoms in total. The summed E-state index contributed by atoms with van der Waals surface area (Å²) in [6.45, 7) is 2.36. The van der Waals surface area contributed by atoms with E-state index >= 15 is 0 Å². The van der Waals surface area contributed by atoms with Crippen LogP contribution in [-0.2, 0) is 11.7 Å². The van der Waals surface area contributed by atoms with E-state index in [-0.39, 0.29) is 20.1 Å². The van der Waals surface area contributed by atoms with Gasteiger partial charge in [0.15, 0.2) is 0 Å². The minimum absolute atomic E-state index is 0. The Morgan fingerprint density at radius 3 is 2.31 bits per heavy atom. The van der Waals surface area contributed by atoms with Gasteiger partial charge >= 0.3 is 12.4 Å². The number of benzene rings is 1. The van der Waals surface area contributed by atoms with Crippen molar-refractivity contribution in [1.29, 1.82) is 0 Å². The number of piperidine rings is 1. The van der Waals surface area contributed by atoms with Gasteiger partial charge in [-0.1, -0.05) is 0 Å². The average molecular weight is 505 g/mol. The molecule has 0 saturated carbocycles. The summed E-state index contributed by atoms with van der Waals surface area (Å²) in [5.74, 6) is -2.89. The van der Waals surface area contributed by atoms with E-state index in [4.69, 9.17) is 4.74 Å². The number of nitrogens with one attached hydrogen (secondary N) is 1. The number of methoxy groups -OCH3 is 1. The second-order valence-corrected chi connectivity index (χ2v) is 8.82. The van der Waals surface area contributed by atoms with Crippen LogP contribution in [-0.4, -0.2) is 54.1 Å². The lowest BCUT2D eigenvalue weighted by Gasteiger charge is -2.47. The average Bonchev–Trinajstić information content (AvgIpc) is 3.26. The first-order valence-corrected chi connectivity index (χ1v) is 10.9. The number of alkyl halides is 6. The Morgan fingerprint density at radius 1 is 1.09 bits per heavy atom. The second-order valence-electron chi connectivity index (χ2n) is 8.82. The summed E-state index contributed by atoms with van der Waals surface area (Å²) >= 11 is 0. The lowest BCUT2D eigenvalue weighted by Crippen LogP contribution is -2.57. The third-order valence-electron chi connectivity index (χ3n) is 6.73. The zero-order chi connectivity index (χ0) is 25.8. The summed E-state index contributed by atoms with van der Waals surface area (Å²) in [7, 11) is 1.11. The first-order chi connectivity index (χ1) is 16.3. The summed E-state index contributed by atoms with van der Waals surface area (Å²) in [6.07, 6.45) is -9.07. The van der Waals surface area contributed by atoms with Crippen molar-refractivity contribution >= 4 is 11.7 Å². The maximum atomic E-state index is 13.4. The fraction of sp³-hybridized carbons (Fsp3) is 0.478. The number of carbonyl (C=O) groups excluding carboxylic acids is 2. The Bertz CT molecular complexity index is 1150. The van der Waals surface area contributed by atoms with Crippen molar-refractivity contribution in [3.8, 4) is 5.75 Å². The molecule has 1 fully saturated rings. The number of ether oxygens (including phenoxy) is 1. The molecule has 1 N–H and O–H groups in total. The van der Waals surface area contributed by atoms with E-state index in [1.54, 1.807) is 6.92 Å². The van der Waals surface area contributed by atoms with E-state index in [9.17, 15) is 35.9 Å². The molecule has 192 valence electrons. The lowest BCUT2D eigenvalue weighted by molar-refractivity contribution is -0.138. The summed E-state index contributed by atoms with van der Waals surface area (Å²) in [5, 5.41) is 3.36. The Morgan fingerprint density at radius 2 is 1.74 bits per heavy atom. The molecule has 1 aromatic heterocycles. The van der Waals surface area contributed by atoms with Gasteiger partial charge in [0.1, 0.15) is 5.75 Å². The van der Waals surface area contributed by atoms with Crippen molar-refractivity contribution in [2.75, 3.05) is 26.7 Å². The van der Waals surface area contributed by atoms with Gasteiger partial charge in [0, 0.05) is 38.4 Å². The minimum Gasteiger partial charge on any atom is -0.496 e. The van der Waals surface area contributed by atoms with Crippen LogP contribution < -0.4 is 10.1 Å². The largest absolute Gasteiger partial charge is 0.496 e. The van der Waals surface area contributed by atoms with E-state index in [1.165, 1.54) is 27.7 Å². The SMILES string of the molecule is COc1ccc(C(=O)N2CCC3(CC2)NCC(C)n2c(C(=O)C(F)(F)F)ccc23)cc1C(F)(F)F.[HH]. The highest BCUT2D eigenvalue weighted by Crippen LogP contribution is 2.41. The third kappa shape index (κ3) is 4.39. The number of ketones is 1. The Labute approximate surface area is 198 Å². The highest BCUT2D eigenvalue weighted by atomic mass is 19.4. The van der Waals surface area contributed by atoms with Crippen molar-refractivity contribution in [2.45, 2.75) is 43.7 Å². The van der Waals surface area contributed by atoms with Crippen LogP contribution in [0, 0.1) is 0 Å². The van der Waals surface area contributed by atoms with E-state index in [0.29, 0.717) is 25.1 Å². The quantitative estimate of drug-likeness (QED) is 0.481. The number of carbonyl (C=O) groups is 2. The van der Waals surface area contributed by atoms with Crippen LogP contribution in [0.15, 0.2) is 30.3 Å². The Hall–Kier alpha value is -3.02. The highest BCUT2D eigenvalue weighted by Gasteiger charge is 2.47. The monoisotopic (exact) mass is 505 g/mol. The topological polar surface area (TPSA) is 63.6 Å². The van der Waals surface area contributed by atoms with E-state index in [2.05, 4.69) is 5.32 Å². The number of rotatable bonds is 3. The molecule has 1 saturated heterocycles. The smallest absolute Gasteiger partial charge is 0.456 e. The van der Waals surface area contributed by atoms with Gasteiger partial charge in [-0.05, 0) is 50.1 Å². The van der Waals surface area contributed by atoms with Gasteiger partial charge < -0.3 is 19.5 Å². The standard InChI is InChI=1S/C23H23F6N3O3.H2/c1-13-12-30-21(18-6-4-16(32(13)18)19(33)23(27,28)29)7-9-31(10-8-21)20(34)14-3-5-17(35-2)15(11-14)22(24,25)26;/h3-6,11,13,30H,7-10,12H2,1-2H3;1H. The first-order valence-electron chi connectivity index (χ1n) is 10.9. The van der Waals surface area contributed by atoms with Crippen molar-refractivity contribution in [1.82, 2.24) is 14.8 Å². The van der Waals surface area contributed by atoms with Gasteiger partial charge in [0.05, 0.1) is 23.9 Å². The number of hydrogen-bond acceptors (Lipinski definition) is 4. The van der Waals surface area contributed by atoms with Crippen LogP contribution in [0.4, 0.5) is 26.3 Å². The molecule has 0 aliphatic carbocycles. The van der Waals surface area contributed by atoms with Gasteiger partial charge in [-0.15, -0.1) is 0 Å². The van der Waals surface area contributed by atoms with Crippen LogP contribution in [0.1, 0.15) is 59.3 Å². The predicted octanol–water partition coefficient (Wildman–Crippen LogP) is 4.80. The molecule has 2 aliphatic heterocycles. The number of likely N-dealkylation sites (tertiary alicyclic amines) is 1. The normalized spacial score (nSPS) is 20.0. The molecule has 1 amide bonds. The zero-order valence-electron chi connectivity index (χ0n) is 18.9.